The van der Waals surface area contributed by atoms with Gasteiger partial charge in [0.25, 0.3) is 6.43 Å². The summed E-state index contributed by atoms with van der Waals surface area (Å²) in [5, 5.41) is 0. The number of anilines is 1. The Morgan fingerprint density at radius 1 is 1.14 bits per heavy atom. The van der Waals surface area contributed by atoms with Crippen molar-refractivity contribution >= 4 is 5.69 Å². The van der Waals surface area contributed by atoms with E-state index in [1.165, 1.54) is 26.4 Å². The molecule has 0 radical (unpaired) electrons. The third-order valence-corrected chi connectivity index (χ3v) is 1.82. The van der Waals surface area contributed by atoms with Crippen molar-refractivity contribution < 1.29 is 18.3 Å². The topological polar surface area (TPSA) is 44.5 Å². The summed E-state index contributed by atoms with van der Waals surface area (Å²) in [6, 6.07) is 2.50. The van der Waals surface area contributed by atoms with Gasteiger partial charge in [-0.3, -0.25) is 0 Å². The van der Waals surface area contributed by atoms with E-state index in [2.05, 4.69) is 0 Å². The fourth-order valence-electron chi connectivity index (χ4n) is 1.10. The number of methoxy groups -OCH3 is 2. The first-order valence-electron chi connectivity index (χ1n) is 3.89. The van der Waals surface area contributed by atoms with Crippen LogP contribution in [-0.4, -0.2) is 14.2 Å². The molecule has 0 saturated carbocycles. The van der Waals surface area contributed by atoms with Gasteiger partial charge < -0.3 is 15.2 Å². The second kappa shape index (κ2) is 4.13. The van der Waals surface area contributed by atoms with E-state index in [-0.39, 0.29) is 17.0 Å². The summed E-state index contributed by atoms with van der Waals surface area (Å²) >= 11 is 0. The lowest BCUT2D eigenvalue weighted by atomic mass is 10.1. The molecule has 0 spiro atoms. The van der Waals surface area contributed by atoms with Crippen LogP contribution >= 0.6 is 0 Å². The molecule has 2 N–H and O–H groups in total. The molecule has 0 aromatic heterocycles. The zero-order valence-electron chi connectivity index (χ0n) is 7.88. The van der Waals surface area contributed by atoms with Crippen LogP contribution < -0.4 is 15.2 Å². The zero-order chi connectivity index (χ0) is 10.7. The molecule has 0 saturated heterocycles. The first-order valence-corrected chi connectivity index (χ1v) is 3.89. The van der Waals surface area contributed by atoms with E-state index in [9.17, 15) is 8.78 Å². The summed E-state index contributed by atoms with van der Waals surface area (Å²) in [6.45, 7) is 0. The van der Waals surface area contributed by atoms with Crippen LogP contribution in [0.25, 0.3) is 0 Å². The van der Waals surface area contributed by atoms with E-state index in [4.69, 9.17) is 15.2 Å². The standard InChI is InChI=1S/C9H11F2NO2/c1-13-7-3-5(9(10)11)6(12)4-8(7)14-2/h3-4,9H,12H2,1-2H3. The van der Waals surface area contributed by atoms with Gasteiger partial charge in [-0.25, -0.2) is 8.78 Å². The van der Waals surface area contributed by atoms with Gasteiger partial charge in [0.05, 0.1) is 14.2 Å². The van der Waals surface area contributed by atoms with Crippen LogP contribution in [0.3, 0.4) is 0 Å². The predicted octanol–water partition coefficient (Wildman–Crippen LogP) is 2.22. The van der Waals surface area contributed by atoms with Crippen LogP contribution in [-0.2, 0) is 0 Å². The first kappa shape index (κ1) is 10.6. The number of nitrogen functional groups attached to an aromatic ring is 1. The van der Waals surface area contributed by atoms with Crippen molar-refractivity contribution in [3.63, 3.8) is 0 Å². The number of benzene rings is 1. The Kier molecular flexibility index (Phi) is 3.11. The van der Waals surface area contributed by atoms with Gasteiger partial charge >= 0.3 is 0 Å². The SMILES string of the molecule is COc1cc(N)c(C(F)F)cc1OC. The van der Waals surface area contributed by atoms with Gasteiger partial charge in [-0.15, -0.1) is 0 Å². The summed E-state index contributed by atoms with van der Waals surface area (Å²) in [5.74, 6) is 0.589. The Bertz CT molecular complexity index is 329. The third kappa shape index (κ3) is 1.86. The van der Waals surface area contributed by atoms with E-state index >= 15 is 0 Å². The molecule has 78 valence electrons. The normalized spacial score (nSPS) is 10.4. The Labute approximate surface area is 80.4 Å². The molecular weight excluding hydrogens is 192 g/mol. The van der Waals surface area contributed by atoms with E-state index in [0.29, 0.717) is 5.75 Å². The van der Waals surface area contributed by atoms with Gasteiger partial charge in [-0.1, -0.05) is 0 Å². The van der Waals surface area contributed by atoms with Crippen LogP contribution in [0.1, 0.15) is 12.0 Å². The Balaban J connectivity index is 3.23. The van der Waals surface area contributed by atoms with Crippen molar-refractivity contribution in [2.75, 3.05) is 20.0 Å². The second-order valence-corrected chi connectivity index (χ2v) is 2.64. The zero-order valence-corrected chi connectivity index (χ0v) is 7.88. The first-order chi connectivity index (χ1) is 6.60. The third-order valence-electron chi connectivity index (χ3n) is 1.82. The van der Waals surface area contributed by atoms with Crippen LogP contribution in [0.15, 0.2) is 12.1 Å². The van der Waals surface area contributed by atoms with E-state index in [0.717, 1.165) is 0 Å². The molecule has 0 aliphatic rings. The average Bonchev–Trinajstić information content (AvgIpc) is 2.16. The largest absolute Gasteiger partial charge is 0.493 e. The van der Waals surface area contributed by atoms with E-state index < -0.39 is 6.43 Å². The van der Waals surface area contributed by atoms with Gasteiger partial charge in [0.2, 0.25) is 0 Å². The number of halogens is 2. The highest BCUT2D eigenvalue weighted by Gasteiger charge is 2.15. The molecule has 1 rings (SSSR count). The van der Waals surface area contributed by atoms with Crippen molar-refractivity contribution in [1.29, 1.82) is 0 Å². The van der Waals surface area contributed by atoms with Gasteiger partial charge in [-0.05, 0) is 6.07 Å². The molecule has 0 heterocycles. The minimum absolute atomic E-state index is 0.00218. The molecule has 0 aliphatic carbocycles. The molecule has 0 fully saturated rings. The molecule has 1 aromatic rings. The molecule has 3 nitrogen and oxygen atoms in total. The van der Waals surface area contributed by atoms with Crippen molar-refractivity contribution in [2.24, 2.45) is 0 Å². The Hall–Kier alpha value is -1.52. The Morgan fingerprint density at radius 2 is 1.64 bits per heavy atom. The van der Waals surface area contributed by atoms with Crippen LogP contribution in [0.5, 0.6) is 11.5 Å². The summed E-state index contributed by atoms with van der Waals surface area (Å²) in [4.78, 5) is 0. The molecule has 0 unspecified atom stereocenters. The lowest BCUT2D eigenvalue weighted by Gasteiger charge is -2.11. The lowest BCUT2D eigenvalue weighted by molar-refractivity contribution is 0.151. The maximum absolute atomic E-state index is 12.4. The molecule has 0 aliphatic heterocycles. The predicted molar refractivity (Wildman–Crippen MR) is 48.9 cm³/mol. The molecule has 5 heteroatoms. The molecular formula is C9H11F2NO2. The number of rotatable bonds is 3. The molecule has 0 bridgehead atoms. The van der Waals surface area contributed by atoms with Crippen molar-refractivity contribution in [3.05, 3.63) is 17.7 Å². The highest BCUT2D eigenvalue weighted by atomic mass is 19.3. The van der Waals surface area contributed by atoms with Crippen LogP contribution in [0.2, 0.25) is 0 Å². The quantitative estimate of drug-likeness (QED) is 0.766. The lowest BCUT2D eigenvalue weighted by Crippen LogP contribution is -1.98. The fraction of sp³-hybridized carbons (Fsp3) is 0.333. The average molecular weight is 203 g/mol. The number of alkyl halides is 2. The number of ether oxygens (including phenoxy) is 2. The van der Waals surface area contributed by atoms with Crippen LogP contribution in [0.4, 0.5) is 14.5 Å². The minimum Gasteiger partial charge on any atom is -0.493 e. The van der Waals surface area contributed by atoms with Crippen molar-refractivity contribution in [3.8, 4) is 11.5 Å². The van der Waals surface area contributed by atoms with E-state index in [1.54, 1.807) is 0 Å². The summed E-state index contributed by atoms with van der Waals surface area (Å²) in [5.41, 5.74) is 5.16. The van der Waals surface area contributed by atoms with E-state index in [1.807, 2.05) is 0 Å². The summed E-state index contributed by atoms with van der Waals surface area (Å²) in [7, 11) is 2.79. The second-order valence-electron chi connectivity index (χ2n) is 2.64. The smallest absolute Gasteiger partial charge is 0.265 e. The van der Waals surface area contributed by atoms with Gasteiger partial charge in [0.15, 0.2) is 11.5 Å². The van der Waals surface area contributed by atoms with Crippen molar-refractivity contribution in [1.82, 2.24) is 0 Å². The van der Waals surface area contributed by atoms with Gasteiger partial charge in [0, 0.05) is 17.3 Å². The number of hydrogen-bond donors (Lipinski definition) is 1. The number of nitrogens with two attached hydrogens (primary N) is 1. The highest BCUT2D eigenvalue weighted by molar-refractivity contribution is 5.58. The molecule has 0 atom stereocenters. The molecule has 14 heavy (non-hydrogen) atoms. The fourth-order valence-corrected chi connectivity index (χ4v) is 1.10. The van der Waals surface area contributed by atoms with Gasteiger partial charge in [-0.2, -0.15) is 0 Å². The van der Waals surface area contributed by atoms with Gasteiger partial charge in [0.1, 0.15) is 0 Å². The highest BCUT2D eigenvalue weighted by Crippen LogP contribution is 2.36. The summed E-state index contributed by atoms with van der Waals surface area (Å²) in [6.07, 6.45) is -2.62. The maximum atomic E-state index is 12.4. The summed E-state index contributed by atoms with van der Waals surface area (Å²) < 4.78 is 34.6. The molecule has 0 amide bonds. The van der Waals surface area contributed by atoms with Crippen molar-refractivity contribution in [2.45, 2.75) is 6.43 Å². The maximum Gasteiger partial charge on any atom is 0.265 e. The Morgan fingerprint density at radius 3 is 2.07 bits per heavy atom. The minimum atomic E-state index is -2.62. The molecule has 1 aromatic carbocycles. The monoisotopic (exact) mass is 203 g/mol. The number of hydrogen-bond acceptors (Lipinski definition) is 3. The van der Waals surface area contributed by atoms with Crippen LogP contribution in [0, 0.1) is 0 Å².